The topological polar surface area (TPSA) is 116 Å². The van der Waals surface area contributed by atoms with E-state index in [4.69, 9.17) is 4.74 Å². The fraction of sp³-hybridized carbons (Fsp3) is 0.409. The van der Waals surface area contributed by atoms with E-state index in [9.17, 15) is 17.9 Å². The van der Waals surface area contributed by atoms with Crippen molar-refractivity contribution in [1.82, 2.24) is 15.5 Å². The van der Waals surface area contributed by atoms with Crippen LogP contribution in [-0.2, 0) is 10.0 Å². The summed E-state index contributed by atoms with van der Waals surface area (Å²) in [7, 11) is -3.62. The highest BCUT2D eigenvalue weighted by molar-refractivity contribution is 7.92. The number of hydrogen-bond acceptors (Lipinski definition) is 6. The second-order valence-electron chi connectivity index (χ2n) is 8.13. The van der Waals surface area contributed by atoms with E-state index in [1.54, 1.807) is 0 Å². The molecule has 4 rings (SSSR count). The second kappa shape index (κ2) is 9.43. The minimum atomic E-state index is -3.62. The average Bonchev–Trinajstić information content (AvgIpc) is 3.10. The second-order valence-corrected chi connectivity index (χ2v) is 9.87. The molecule has 1 aromatic heterocycles. The van der Waals surface area contributed by atoms with Crippen molar-refractivity contribution in [1.29, 1.82) is 0 Å². The van der Waals surface area contributed by atoms with Crippen LogP contribution in [0, 0.1) is 5.82 Å². The molecule has 0 aliphatic heterocycles. The number of ether oxygens (including phenoxy) is 1. The lowest BCUT2D eigenvalue weighted by atomic mass is 9.82. The number of anilines is 1. The van der Waals surface area contributed by atoms with Gasteiger partial charge in [0.15, 0.2) is 0 Å². The van der Waals surface area contributed by atoms with Crippen LogP contribution in [0.5, 0.6) is 5.75 Å². The molecule has 4 N–H and O–H groups in total. The van der Waals surface area contributed by atoms with Gasteiger partial charge in [0.25, 0.3) is 0 Å². The maximum atomic E-state index is 13.8. The van der Waals surface area contributed by atoms with Gasteiger partial charge in [-0.15, -0.1) is 0 Å². The van der Waals surface area contributed by atoms with Gasteiger partial charge in [0, 0.05) is 36.2 Å². The number of sulfonamides is 1. The van der Waals surface area contributed by atoms with Crippen LogP contribution < -0.4 is 14.8 Å². The number of benzene rings is 2. The van der Waals surface area contributed by atoms with Crippen LogP contribution in [0.4, 0.5) is 10.1 Å². The van der Waals surface area contributed by atoms with Gasteiger partial charge in [-0.05, 0) is 42.7 Å². The zero-order valence-corrected chi connectivity index (χ0v) is 18.6. The van der Waals surface area contributed by atoms with Crippen LogP contribution in [0.3, 0.4) is 0 Å². The number of halogens is 1. The van der Waals surface area contributed by atoms with E-state index >= 15 is 0 Å². The first-order valence-electron chi connectivity index (χ1n) is 10.6. The Bertz CT molecular complexity index is 1190. The highest BCUT2D eigenvalue weighted by atomic mass is 32.2. The van der Waals surface area contributed by atoms with E-state index in [0.29, 0.717) is 24.6 Å². The van der Waals surface area contributed by atoms with Crippen LogP contribution in [0.1, 0.15) is 42.5 Å². The zero-order chi connectivity index (χ0) is 22.7. The van der Waals surface area contributed by atoms with E-state index < -0.39 is 21.9 Å². The molecule has 3 aromatic rings. The van der Waals surface area contributed by atoms with Crippen LogP contribution >= 0.6 is 0 Å². The monoisotopic (exact) mass is 462 g/mol. The summed E-state index contributed by atoms with van der Waals surface area (Å²) in [5.74, 6) is 0.602. The van der Waals surface area contributed by atoms with Crippen LogP contribution in [0.2, 0.25) is 0 Å². The highest BCUT2D eigenvalue weighted by Gasteiger charge is 2.23. The normalized spacial score (nSPS) is 15.5. The largest absolute Gasteiger partial charge is 0.492 e. The molecule has 1 fully saturated rings. The summed E-state index contributed by atoms with van der Waals surface area (Å²) >= 11 is 0. The third kappa shape index (κ3) is 5.37. The van der Waals surface area contributed by atoms with E-state index in [-0.39, 0.29) is 12.2 Å². The highest BCUT2D eigenvalue weighted by Crippen LogP contribution is 2.38. The van der Waals surface area contributed by atoms with E-state index in [0.717, 1.165) is 29.0 Å². The molecule has 1 aliphatic carbocycles. The van der Waals surface area contributed by atoms with Crippen molar-refractivity contribution in [2.24, 2.45) is 0 Å². The maximum Gasteiger partial charge on any atom is 0.229 e. The summed E-state index contributed by atoms with van der Waals surface area (Å²) < 4.78 is 44.4. The smallest absolute Gasteiger partial charge is 0.229 e. The minimum Gasteiger partial charge on any atom is -0.492 e. The lowest BCUT2D eigenvalue weighted by Crippen LogP contribution is -2.26. The summed E-state index contributed by atoms with van der Waals surface area (Å²) in [6, 6.07) is 9.71. The molecule has 2 aromatic carbocycles. The summed E-state index contributed by atoms with van der Waals surface area (Å²) in [5, 5.41) is 22.1. The molecule has 8 nitrogen and oxygen atoms in total. The minimum absolute atomic E-state index is 0.193. The van der Waals surface area contributed by atoms with E-state index in [1.165, 1.54) is 37.1 Å². The van der Waals surface area contributed by atoms with Crippen molar-refractivity contribution in [2.45, 2.75) is 31.3 Å². The number of aliphatic hydroxyl groups excluding tert-OH is 1. The van der Waals surface area contributed by atoms with Crippen molar-refractivity contribution in [3.8, 4) is 5.75 Å². The van der Waals surface area contributed by atoms with Gasteiger partial charge >= 0.3 is 0 Å². The maximum absolute atomic E-state index is 13.8. The Labute approximate surface area is 186 Å². The molecule has 0 radical (unpaired) electrons. The summed E-state index contributed by atoms with van der Waals surface area (Å²) in [5.41, 5.74) is 2.31. The lowest BCUT2D eigenvalue weighted by molar-refractivity contribution is 0.172. The van der Waals surface area contributed by atoms with Crippen molar-refractivity contribution >= 4 is 26.6 Å². The Morgan fingerprint density at radius 2 is 2.09 bits per heavy atom. The summed E-state index contributed by atoms with van der Waals surface area (Å²) in [6.07, 6.45) is 3.70. The van der Waals surface area contributed by atoms with Gasteiger partial charge in [0.1, 0.15) is 18.2 Å². The Hall–Kier alpha value is -2.69. The molecule has 1 unspecified atom stereocenters. The molecule has 0 amide bonds. The SMILES string of the molecule is CS(=O)(=O)Nc1cc(C(O)CNCCOc2ccc3c(C4CCC4)[nH]nc3c2)ccc1F. The van der Waals surface area contributed by atoms with Crippen LogP contribution in [0.15, 0.2) is 36.4 Å². The number of hydrogen-bond donors (Lipinski definition) is 4. The fourth-order valence-electron chi connectivity index (χ4n) is 3.74. The first-order valence-corrected chi connectivity index (χ1v) is 12.5. The van der Waals surface area contributed by atoms with E-state index in [1.807, 2.05) is 18.2 Å². The van der Waals surface area contributed by atoms with Crippen molar-refractivity contribution in [2.75, 3.05) is 30.7 Å². The predicted molar refractivity (Wildman–Crippen MR) is 121 cm³/mol. The Morgan fingerprint density at radius 1 is 1.28 bits per heavy atom. The lowest BCUT2D eigenvalue weighted by Gasteiger charge is -2.24. The first kappa shape index (κ1) is 22.5. The number of aromatic amines is 1. The standard InChI is InChI=1S/C22H27FN4O4S/c1-32(29,30)27-20-11-15(5-8-18(20)23)21(28)13-24-9-10-31-16-6-7-17-19(12-16)25-26-22(17)14-3-2-4-14/h5-8,11-12,14,21,24,27-28H,2-4,9-10,13H2,1H3,(H,25,26). The van der Waals surface area contributed by atoms with Crippen LogP contribution in [-0.4, -0.2) is 49.7 Å². The van der Waals surface area contributed by atoms with Crippen molar-refractivity contribution in [3.63, 3.8) is 0 Å². The van der Waals surface area contributed by atoms with Crippen molar-refractivity contribution < 1.29 is 22.7 Å². The van der Waals surface area contributed by atoms with Gasteiger partial charge < -0.3 is 15.2 Å². The number of nitrogens with one attached hydrogen (secondary N) is 3. The van der Waals surface area contributed by atoms with Crippen molar-refractivity contribution in [3.05, 3.63) is 53.5 Å². The fourth-order valence-corrected chi connectivity index (χ4v) is 4.29. The van der Waals surface area contributed by atoms with Crippen LogP contribution in [0.25, 0.3) is 10.9 Å². The molecule has 1 atom stereocenters. The average molecular weight is 463 g/mol. The molecule has 1 aliphatic rings. The number of rotatable bonds is 10. The van der Waals surface area contributed by atoms with Gasteiger partial charge in [-0.25, -0.2) is 12.8 Å². The number of fused-ring (bicyclic) bond motifs is 1. The molecule has 1 saturated carbocycles. The molecule has 0 bridgehead atoms. The Kier molecular flexibility index (Phi) is 6.63. The van der Waals surface area contributed by atoms with Gasteiger partial charge in [-0.2, -0.15) is 5.10 Å². The Balaban J connectivity index is 1.25. The number of H-pyrrole nitrogens is 1. The molecule has 0 spiro atoms. The Morgan fingerprint density at radius 3 is 2.81 bits per heavy atom. The van der Waals surface area contributed by atoms with Gasteiger partial charge in [0.2, 0.25) is 10.0 Å². The van der Waals surface area contributed by atoms with E-state index in [2.05, 4.69) is 20.2 Å². The molecule has 172 valence electrons. The van der Waals surface area contributed by atoms with Gasteiger partial charge in [0.05, 0.1) is 23.6 Å². The summed E-state index contributed by atoms with van der Waals surface area (Å²) in [4.78, 5) is 0. The van der Waals surface area contributed by atoms with Gasteiger partial charge in [-0.3, -0.25) is 9.82 Å². The number of aliphatic hydroxyl groups is 1. The zero-order valence-electron chi connectivity index (χ0n) is 17.8. The molecular formula is C22H27FN4O4S. The predicted octanol–water partition coefficient (Wildman–Crippen LogP) is 3.04. The molecular weight excluding hydrogens is 435 g/mol. The molecule has 32 heavy (non-hydrogen) atoms. The quantitative estimate of drug-likeness (QED) is 0.344. The third-order valence-electron chi connectivity index (χ3n) is 5.63. The third-order valence-corrected chi connectivity index (χ3v) is 6.22. The molecule has 10 heteroatoms. The van der Waals surface area contributed by atoms with Gasteiger partial charge in [-0.1, -0.05) is 12.5 Å². The number of nitrogens with zero attached hydrogens (tertiary/aromatic N) is 1. The first-order chi connectivity index (χ1) is 15.3. The summed E-state index contributed by atoms with van der Waals surface area (Å²) in [6.45, 7) is 1.08. The molecule has 0 saturated heterocycles. The molecule has 1 heterocycles. The number of aromatic nitrogens is 2.